The van der Waals surface area contributed by atoms with Gasteiger partial charge in [0.15, 0.2) is 46.0 Å². The van der Waals surface area contributed by atoms with Gasteiger partial charge >= 0.3 is 69.1 Å². The van der Waals surface area contributed by atoms with Crippen molar-refractivity contribution in [3.8, 4) is 46.0 Å². The molecule has 12 aromatic rings. The number of rotatable bonds is 12. The third-order valence-corrected chi connectivity index (χ3v) is 24.3. The van der Waals surface area contributed by atoms with Gasteiger partial charge in [-0.3, -0.25) is 0 Å². The molecule has 0 spiro atoms. The van der Waals surface area contributed by atoms with Crippen molar-refractivity contribution in [2.45, 2.75) is 0 Å². The Morgan fingerprint density at radius 2 is 0.340 bits per heavy atom. The van der Waals surface area contributed by atoms with E-state index in [0.717, 1.165) is 46.0 Å². The van der Waals surface area contributed by atoms with Gasteiger partial charge in [-0.25, -0.2) is 0 Å². The van der Waals surface area contributed by atoms with E-state index >= 15 is 0 Å². The van der Waals surface area contributed by atoms with Crippen LogP contribution in [0.2, 0.25) is 0 Å². The Hall–Kier alpha value is -6.58. The average molecular weight is 1770 g/mol. The zero-order valence-electron chi connectivity index (χ0n) is 61.0. The summed E-state index contributed by atoms with van der Waals surface area (Å²) in [4.78, 5) is 0. The summed E-state index contributed by atoms with van der Waals surface area (Å²) in [6.07, 6.45) is 0. The monoisotopic (exact) mass is 1770 g/mol. The number of hydrogen-bond donors (Lipinski definition) is 1. The normalized spacial score (nSPS) is 11.0. The van der Waals surface area contributed by atoms with E-state index < -0.39 is 31.7 Å². The average Bonchev–Trinajstić information content (AvgIpc) is 1.39. The van der Waals surface area contributed by atoms with Crippen molar-refractivity contribution in [3.05, 3.63) is 375 Å². The van der Waals surface area contributed by atoms with Gasteiger partial charge in [0.2, 0.25) is 27.2 Å². The number of hydrogen-bond acceptors (Lipinski definition) is 9. The van der Waals surface area contributed by atoms with Gasteiger partial charge in [0.25, 0.3) is 0 Å². The molecule has 4 heterocycles. The van der Waals surface area contributed by atoms with Crippen LogP contribution in [0.1, 0.15) is 0 Å². The molecule has 1 N–H and O–H groups in total. The number of benzene rings is 12. The maximum atomic E-state index is 5.55. The molecule has 9 nitrogen and oxygen atoms in total. The molecule has 12 aromatic carbocycles. The van der Waals surface area contributed by atoms with E-state index in [1.807, 2.05) is 38.4 Å². The van der Waals surface area contributed by atoms with E-state index in [4.69, 9.17) is 76.7 Å². The van der Waals surface area contributed by atoms with Crippen molar-refractivity contribution in [3.63, 3.8) is 0 Å². The van der Waals surface area contributed by atoms with Gasteiger partial charge < -0.3 is 103 Å². The Labute approximate surface area is 676 Å². The van der Waals surface area contributed by atoms with E-state index in [1.165, 1.54) is 63.7 Å². The summed E-state index contributed by atoms with van der Waals surface area (Å²) in [6.45, 7) is 1.25. The summed E-state index contributed by atoms with van der Waals surface area (Å²) in [5.41, 5.74) is 0. The number of fused-ring (bicyclic) bond motifs is 4. The minimum Gasteiger partial charge on any atom is -0.454 e. The fraction of sp³-hybridized carbons (Fsp3) is 0.0698. The molecule has 0 aliphatic carbocycles. The third-order valence-electron chi connectivity index (χ3n) is 14.6. The fourth-order valence-electron chi connectivity index (χ4n) is 10.5. The van der Waals surface area contributed by atoms with Crippen LogP contribution in [0, 0.1) is 59.4 Å². The molecule has 16 rings (SSSR count). The minimum atomic E-state index is -0.588. The molecule has 0 saturated carbocycles. The van der Waals surface area contributed by atoms with Crippen LogP contribution < -0.4 is 107 Å². The first-order valence-corrected chi connectivity index (χ1v) is 44.7. The number of ether oxygens (including phenoxy) is 8. The SMILES string of the molecule is CNC.Cl.[CH3-].[CH3-].[CH3-].[CH3-].[CH3-].[CH3-].[CH3-].[CH3-].[Cl][Ru][Cl].[Cl][Ru][Cl].c1ccc(P(c2ccccc2)c2ccc3c(c2)OCO3)cc1.c1ccc(P(c2ccccc2)c2ccc3c(c2)OCO3)cc1.c1ccc(P(c2ccccc2)c2ccc3c(c2)OCO3)cc1.c1ccc(P(c2ccccc2)c2ccc3c(c2)OCO3)cc1. The Morgan fingerprint density at radius 1 is 0.217 bits per heavy atom. The standard InChI is InChI=1S/4C19H15O2P.C2H7N.8CH3.5ClH.2Ru/c4*1-3-7-15(8-4-1)22(16-9-5-2-6-10-16)17-11-12-18-19(13-17)21-14-20-18;1-3-2;;;;;;;;;;;;;;;/h4*1-13H,14H2;3H,1-2H3;8*1H3;5*1H;;/q;;;;;8*-1;;;;;;2*+2/p-4. The second-order valence-corrected chi connectivity index (χ2v) is 34.9. The molecule has 20 heteroatoms. The number of halogens is 5. The van der Waals surface area contributed by atoms with Crippen molar-refractivity contribution in [1.29, 1.82) is 0 Å². The molecule has 0 radical (unpaired) electrons. The molecule has 568 valence electrons. The van der Waals surface area contributed by atoms with Gasteiger partial charge in [-0.2, -0.15) is 0 Å². The van der Waals surface area contributed by atoms with E-state index in [9.17, 15) is 0 Å². The first-order chi connectivity index (χ1) is 47.9. The van der Waals surface area contributed by atoms with Crippen molar-refractivity contribution in [2.24, 2.45) is 0 Å². The van der Waals surface area contributed by atoms with E-state index in [-0.39, 0.29) is 102 Å². The predicted molar refractivity (Wildman–Crippen MR) is 462 cm³/mol. The van der Waals surface area contributed by atoms with Crippen LogP contribution in [0.4, 0.5) is 0 Å². The second-order valence-electron chi connectivity index (χ2n) is 20.8. The Kier molecular flexibility index (Phi) is 49.0. The molecule has 0 amide bonds. The molecule has 0 unspecified atom stereocenters. The van der Waals surface area contributed by atoms with Gasteiger partial charge in [0.05, 0.1) is 0 Å². The summed E-state index contributed by atoms with van der Waals surface area (Å²) in [5, 5.41) is 18.5. The van der Waals surface area contributed by atoms with Crippen LogP contribution in [0.15, 0.2) is 315 Å². The van der Waals surface area contributed by atoms with Crippen LogP contribution in [0.3, 0.4) is 0 Å². The van der Waals surface area contributed by atoms with E-state index in [1.54, 1.807) is 0 Å². The summed E-state index contributed by atoms with van der Waals surface area (Å²) in [6, 6.07) is 110. The fourth-order valence-corrected chi connectivity index (χ4v) is 19.7. The van der Waals surface area contributed by atoms with Crippen LogP contribution in [0.5, 0.6) is 46.0 Å². The minimum absolute atomic E-state index is 0. The molecule has 0 aromatic heterocycles. The zero-order chi connectivity index (χ0) is 67.2. The molecule has 0 fully saturated rings. The van der Waals surface area contributed by atoms with Crippen LogP contribution in [-0.4, -0.2) is 41.3 Å². The zero-order valence-corrected chi connectivity index (χ0v) is 71.9. The van der Waals surface area contributed by atoms with E-state index in [0.29, 0.717) is 27.2 Å². The topological polar surface area (TPSA) is 85.9 Å². The molecular weight excluding hydrogens is 1680 g/mol. The summed E-state index contributed by atoms with van der Waals surface area (Å²) in [7, 11) is 20.8. The predicted octanol–water partition coefficient (Wildman–Crippen LogP) is 19.3. The van der Waals surface area contributed by atoms with Gasteiger partial charge in [0, 0.05) is 0 Å². The summed E-state index contributed by atoms with van der Waals surface area (Å²) < 4.78 is 43.9. The molecule has 0 bridgehead atoms. The van der Waals surface area contributed by atoms with Crippen molar-refractivity contribution < 1.29 is 68.2 Å². The maximum Gasteiger partial charge on any atom is 0.231 e. The molecule has 0 saturated heterocycles. The molecule has 0 atom stereocenters. The largest absolute Gasteiger partial charge is 0.454 e. The smallest absolute Gasteiger partial charge is 0.231 e. The van der Waals surface area contributed by atoms with Crippen LogP contribution in [-0.2, 0) is 30.3 Å². The summed E-state index contributed by atoms with van der Waals surface area (Å²) in [5.74, 6) is 6.71. The first kappa shape index (κ1) is 97.4. The quantitative estimate of drug-likeness (QED) is 0.0730. The molecule has 4 aliphatic rings. The van der Waals surface area contributed by atoms with Gasteiger partial charge in [-0.1, -0.05) is 243 Å². The maximum absolute atomic E-state index is 5.55. The van der Waals surface area contributed by atoms with Crippen molar-refractivity contribution >= 4 is 147 Å². The van der Waals surface area contributed by atoms with Gasteiger partial charge in [0.1, 0.15) is 0 Å². The van der Waals surface area contributed by atoms with E-state index in [2.05, 4.69) is 297 Å². The second kappa shape index (κ2) is 53.3. The van der Waals surface area contributed by atoms with Crippen molar-refractivity contribution in [2.75, 3.05) is 41.3 Å². The molecular formula is C86H92Cl5NO8P4Ru2-8. The Balaban J connectivity index is 0.000000662. The third kappa shape index (κ3) is 27.5. The Morgan fingerprint density at radius 3 is 0.472 bits per heavy atom. The van der Waals surface area contributed by atoms with Crippen LogP contribution in [0.25, 0.3) is 0 Å². The Bertz CT molecular complexity index is 3580. The summed E-state index contributed by atoms with van der Waals surface area (Å²) >= 11 is -0.691. The molecule has 4 aliphatic heterocycles. The van der Waals surface area contributed by atoms with Crippen molar-refractivity contribution in [1.82, 2.24) is 5.32 Å². The first-order valence-electron chi connectivity index (χ1n) is 30.4. The number of nitrogens with one attached hydrogen (secondary N) is 1. The van der Waals surface area contributed by atoms with Gasteiger partial charge in [-0.15, -0.1) is 12.4 Å². The van der Waals surface area contributed by atoms with Gasteiger partial charge in [-0.05, 0) is 182 Å². The van der Waals surface area contributed by atoms with Crippen LogP contribution >= 0.6 is 82.9 Å². The molecule has 106 heavy (non-hydrogen) atoms.